The van der Waals surface area contributed by atoms with Crippen LogP contribution in [0.1, 0.15) is 16.3 Å². The number of hydrogen-bond acceptors (Lipinski definition) is 7. The summed E-state index contributed by atoms with van der Waals surface area (Å²) >= 11 is 1.46. The van der Waals surface area contributed by atoms with Gasteiger partial charge in [0.05, 0.1) is 11.5 Å². The Labute approximate surface area is 112 Å². The molecule has 19 heavy (non-hydrogen) atoms. The highest BCUT2D eigenvalue weighted by molar-refractivity contribution is 7.09. The fourth-order valence-corrected chi connectivity index (χ4v) is 2.21. The van der Waals surface area contributed by atoms with Crippen molar-refractivity contribution in [3.63, 3.8) is 0 Å². The second-order valence-corrected chi connectivity index (χ2v) is 4.60. The zero-order chi connectivity index (χ0) is 13.8. The van der Waals surface area contributed by atoms with E-state index in [2.05, 4.69) is 15.3 Å². The third-order valence-corrected chi connectivity index (χ3v) is 3.27. The molecule has 0 amide bonds. The predicted molar refractivity (Wildman–Crippen MR) is 69.8 cm³/mol. The predicted octanol–water partition coefficient (Wildman–Crippen LogP) is 2.24. The highest BCUT2D eigenvalue weighted by Gasteiger charge is 2.21. The number of nitrogens with zero attached hydrogens (tertiary/aromatic N) is 4. The fourth-order valence-electron chi connectivity index (χ4n) is 1.50. The summed E-state index contributed by atoms with van der Waals surface area (Å²) in [6.45, 7) is 2.21. The maximum atomic E-state index is 11.0. The zero-order valence-electron chi connectivity index (χ0n) is 9.95. The Morgan fingerprint density at radius 2 is 2.42 bits per heavy atom. The van der Waals surface area contributed by atoms with Gasteiger partial charge in [-0.05, 0) is 13.0 Å². The lowest BCUT2D eigenvalue weighted by Crippen LogP contribution is -2.05. The number of rotatable bonds is 4. The number of nitro groups is 1. The lowest BCUT2D eigenvalue weighted by Gasteiger charge is -2.04. The molecule has 2 aromatic rings. The van der Waals surface area contributed by atoms with Crippen molar-refractivity contribution in [2.45, 2.75) is 13.5 Å². The van der Waals surface area contributed by atoms with E-state index in [1.807, 2.05) is 12.3 Å². The normalized spacial score (nSPS) is 9.89. The number of aromatic nitrogens is 2. The Kier molecular flexibility index (Phi) is 3.68. The highest BCUT2D eigenvalue weighted by atomic mass is 32.1. The SMILES string of the molecule is Cc1csc(CNc2nccc(C#N)c2[N+](=O)[O-])n1. The molecule has 8 heteroatoms. The van der Waals surface area contributed by atoms with E-state index < -0.39 is 4.92 Å². The van der Waals surface area contributed by atoms with Crippen LogP contribution in [0.25, 0.3) is 0 Å². The second kappa shape index (κ2) is 5.41. The number of thiazole rings is 1. The highest BCUT2D eigenvalue weighted by Crippen LogP contribution is 2.26. The van der Waals surface area contributed by atoms with Gasteiger partial charge < -0.3 is 5.32 Å². The Hall–Kier alpha value is -2.53. The standard InChI is InChI=1S/C11H9N5O2S/c1-7-6-19-9(15-7)5-14-11-10(16(17)18)8(4-12)2-3-13-11/h2-3,6H,5H2,1H3,(H,13,14). The summed E-state index contributed by atoms with van der Waals surface area (Å²) in [7, 11) is 0. The van der Waals surface area contributed by atoms with Gasteiger partial charge in [-0.25, -0.2) is 9.97 Å². The van der Waals surface area contributed by atoms with Crippen LogP contribution in [0.3, 0.4) is 0 Å². The molecule has 0 aromatic carbocycles. The van der Waals surface area contributed by atoms with Gasteiger partial charge in [0.1, 0.15) is 16.6 Å². The summed E-state index contributed by atoms with van der Waals surface area (Å²) < 4.78 is 0. The monoisotopic (exact) mass is 275 g/mol. The van der Waals surface area contributed by atoms with Crippen LogP contribution in [-0.2, 0) is 6.54 Å². The summed E-state index contributed by atoms with van der Waals surface area (Å²) in [5.41, 5.74) is 0.575. The van der Waals surface area contributed by atoms with E-state index in [9.17, 15) is 10.1 Å². The summed E-state index contributed by atoms with van der Waals surface area (Å²) in [5.74, 6) is 0.0805. The summed E-state index contributed by atoms with van der Waals surface area (Å²) in [6, 6.07) is 3.10. The molecule has 0 radical (unpaired) electrons. The molecule has 0 aliphatic heterocycles. The van der Waals surface area contributed by atoms with Crippen molar-refractivity contribution in [2.24, 2.45) is 0 Å². The smallest absolute Gasteiger partial charge is 0.328 e. The molecule has 0 spiro atoms. The second-order valence-electron chi connectivity index (χ2n) is 3.66. The molecule has 1 N–H and O–H groups in total. The molecular formula is C11H9N5O2S. The average Bonchev–Trinajstić information content (AvgIpc) is 2.81. The first-order valence-corrected chi connectivity index (χ1v) is 6.18. The number of anilines is 1. The van der Waals surface area contributed by atoms with Crippen LogP contribution in [0.2, 0.25) is 0 Å². The van der Waals surface area contributed by atoms with Crippen LogP contribution in [0.4, 0.5) is 11.5 Å². The van der Waals surface area contributed by atoms with Crippen LogP contribution in [0, 0.1) is 28.4 Å². The molecular weight excluding hydrogens is 266 g/mol. The van der Waals surface area contributed by atoms with Gasteiger partial charge in [-0.1, -0.05) is 0 Å². The molecule has 0 saturated heterocycles. The van der Waals surface area contributed by atoms with E-state index in [-0.39, 0.29) is 17.1 Å². The van der Waals surface area contributed by atoms with Gasteiger partial charge >= 0.3 is 5.69 Å². The molecule has 96 valence electrons. The van der Waals surface area contributed by atoms with Crippen LogP contribution in [-0.4, -0.2) is 14.9 Å². The van der Waals surface area contributed by atoms with Gasteiger partial charge in [0, 0.05) is 17.3 Å². The van der Waals surface area contributed by atoms with Crippen LogP contribution in [0.15, 0.2) is 17.6 Å². The van der Waals surface area contributed by atoms with Gasteiger partial charge in [-0.15, -0.1) is 11.3 Å². The molecule has 0 unspecified atom stereocenters. The lowest BCUT2D eigenvalue weighted by molar-refractivity contribution is -0.384. The van der Waals surface area contributed by atoms with Crippen molar-refractivity contribution in [1.82, 2.24) is 9.97 Å². The number of hydrogen-bond donors (Lipinski definition) is 1. The Bertz CT molecular complexity index is 661. The maximum absolute atomic E-state index is 11.0. The summed E-state index contributed by atoms with van der Waals surface area (Å²) in [4.78, 5) is 18.5. The first-order valence-electron chi connectivity index (χ1n) is 5.30. The third-order valence-electron chi connectivity index (χ3n) is 2.30. The third kappa shape index (κ3) is 2.83. The molecule has 0 aliphatic rings. The van der Waals surface area contributed by atoms with Crippen molar-refractivity contribution in [3.05, 3.63) is 44.0 Å². The van der Waals surface area contributed by atoms with Crippen LogP contribution in [0.5, 0.6) is 0 Å². The Morgan fingerprint density at radius 1 is 1.63 bits per heavy atom. The van der Waals surface area contributed by atoms with E-state index in [4.69, 9.17) is 5.26 Å². The minimum Gasteiger partial charge on any atom is -0.358 e. The van der Waals surface area contributed by atoms with Gasteiger partial charge in [0.2, 0.25) is 5.82 Å². The van der Waals surface area contributed by atoms with Gasteiger partial charge in [-0.2, -0.15) is 5.26 Å². The van der Waals surface area contributed by atoms with Crippen molar-refractivity contribution in [1.29, 1.82) is 5.26 Å². The lowest BCUT2D eigenvalue weighted by atomic mass is 10.2. The number of nitrogens with one attached hydrogen (secondary N) is 1. The molecule has 2 heterocycles. The van der Waals surface area contributed by atoms with E-state index in [0.717, 1.165) is 10.7 Å². The Morgan fingerprint density at radius 3 is 3.00 bits per heavy atom. The summed E-state index contributed by atoms with van der Waals surface area (Å²) in [5, 5.41) is 25.4. The molecule has 0 fully saturated rings. The van der Waals surface area contributed by atoms with E-state index in [0.29, 0.717) is 6.54 Å². The van der Waals surface area contributed by atoms with Gasteiger partial charge in [0.15, 0.2) is 0 Å². The first-order chi connectivity index (χ1) is 9.11. The van der Waals surface area contributed by atoms with Crippen molar-refractivity contribution in [3.8, 4) is 6.07 Å². The number of nitriles is 1. The zero-order valence-corrected chi connectivity index (χ0v) is 10.8. The minimum absolute atomic E-state index is 0.0159. The fraction of sp³-hybridized carbons (Fsp3) is 0.182. The number of aryl methyl sites for hydroxylation is 1. The Balaban J connectivity index is 2.25. The molecule has 0 bridgehead atoms. The molecule has 2 aromatic heterocycles. The van der Waals surface area contributed by atoms with E-state index >= 15 is 0 Å². The van der Waals surface area contributed by atoms with Crippen LogP contribution >= 0.6 is 11.3 Å². The van der Waals surface area contributed by atoms with E-state index in [1.165, 1.54) is 23.6 Å². The van der Waals surface area contributed by atoms with Crippen molar-refractivity contribution in [2.75, 3.05) is 5.32 Å². The van der Waals surface area contributed by atoms with Crippen molar-refractivity contribution >= 4 is 22.8 Å². The first kappa shape index (κ1) is 12.9. The topological polar surface area (TPSA) is 105 Å². The molecule has 7 nitrogen and oxygen atoms in total. The maximum Gasteiger partial charge on any atom is 0.328 e. The quantitative estimate of drug-likeness (QED) is 0.677. The number of pyridine rings is 1. The van der Waals surface area contributed by atoms with Crippen molar-refractivity contribution < 1.29 is 4.92 Å². The van der Waals surface area contributed by atoms with Crippen LogP contribution < -0.4 is 5.32 Å². The molecule has 0 saturated carbocycles. The summed E-state index contributed by atoms with van der Waals surface area (Å²) in [6.07, 6.45) is 1.36. The molecule has 2 rings (SSSR count). The largest absolute Gasteiger partial charge is 0.358 e. The average molecular weight is 275 g/mol. The van der Waals surface area contributed by atoms with E-state index in [1.54, 1.807) is 6.07 Å². The molecule has 0 atom stereocenters. The van der Waals surface area contributed by atoms with Gasteiger partial charge in [-0.3, -0.25) is 10.1 Å². The van der Waals surface area contributed by atoms with Gasteiger partial charge in [0.25, 0.3) is 0 Å². The molecule has 0 aliphatic carbocycles. The minimum atomic E-state index is -0.610.